The number of rotatable bonds is 5. The second-order valence-corrected chi connectivity index (χ2v) is 6.50. The van der Waals surface area contributed by atoms with Crippen LogP contribution in [0.1, 0.15) is 35.2 Å². The van der Waals surface area contributed by atoms with Gasteiger partial charge in [0.05, 0.1) is 7.11 Å². The van der Waals surface area contributed by atoms with Crippen LogP contribution in [0.2, 0.25) is 0 Å². The van der Waals surface area contributed by atoms with Crippen LogP contribution in [0.5, 0.6) is 5.75 Å². The quantitative estimate of drug-likeness (QED) is 0.827. The van der Waals surface area contributed by atoms with Crippen molar-refractivity contribution in [2.24, 2.45) is 0 Å². The monoisotopic (exact) mass is 364 g/mol. The number of amides is 2. The molecule has 5 heteroatoms. The number of nitrogens with zero attached hydrogens (tertiary/aromatic N) is 1. The van der Waals surface area contributed by atoms with Crippen molar-refractivity contribution in [3.63, 3.8) is 0 Å². The minimum Gasteiger partial charge on any atom is -0.497 e. The predicted octanol–water partition coefficient (Wildman–Crippen LogP) is 3.48. The van der Waals surface area contributed by atoms with Gasteiger partial charge in [-0.3, -0.25) is 9.59 Å². The lowest BCUT2D eigenvalue weighted by Crippen LogP contribution is -2.41. The number of hydrogen-bond donors (Lipinski definition) is 1. The maximum Gasteiger partial charge on any atom is 0.270 e. The molecule has 1 heterocycles. The van der Waals surface area contributed by atoms with Crippen LogP contribution >= 0.6 is 0 Å². The number of methoxy groups -OCH3 is 1. The summed E-state index contributed by atoms with van der Waals surface area (Å²) in [6, 6.07) is 16.3. The van der Waals surface area contributed by atoms with E-state index in [0.29, 0.717) is 5.56 Å². The fourth-order valence-electron chi connectivity index (χ4n) is 3.07. The van der Waals surface area contributed by atoms with Gasteiger partial charge in [0.25, 0.3) is 11.8 Å². The summed E-state index contributed by atoms with van der Waals surface area (Å²) in [7, 11) is 1.61. The van der Waals surface area contributed by atoms with Crippen LogP contribution in [0.4, 0.5) is 0 Å². The van der Waals surface area contributed by atoms with E-state index in [9.17, 15) is 9.59 Å². The maximum atomic E-state index is 13.0. The number of piperidine rings is 1. The molecule has 2 amide bonds. The zero-order valence-corrected chi connectivity index (χ0v) is 15.5. The van der Waals surface area contributed by atoms with Crippen molar-refractivity contribution in [2.45, 2.75) is 19.3 Å². The van der Waals surface area contributed by atoms with E-state index in [0.717, 1.165) is 43.7 Å². The molecule has 0 atom stereocenters. The van der Waals surface area contributed by atoms with Crippen molar-refractivity contribution < 1.29 is 14.3 Å². The highest BCUT2D eigenvalue weighted by atomic mass is 16.5. The van der Waals surface area contributed by atoms with Crippen LogP contribution in [0, 0.1) is 0 Å². The molecule has 27 heavy (non-hydrogen) atoms. The minimum atomic E-state index is -0.291. The molecular formula is C22H24N2O3. The van der Waals surface area contributed by atoms with Crippen LogP contribution in [0.25, 0.3) is 6.08 Å². The largest absolute Gasteiger partial charge is 0.497 e. The van der Waals surface area contributed by atoms with Crippen molar-refractivity contribution >= 4 is 17.9 Å². The van der Waals surface area contributed by atoms with E-state index in [1.165, 1.54) is 0 Å². The Bertz CT molecular complexity index is 807. The molecule has 1 aliphatic rings. The molecule has 5 nitrogen and oxygen atoms in total. The third-order valence-electron chi connectivity index (χ3n) is 4.58. The third kappa shape index (κ3) is 4.97. The van der Waals surface area contributed by atoms with Gasteiger partial charge in [0.2, 0.25) is 0 Å². The molecule has 0 bridgehead atoms. The Balaban J connectivity index is 1.86. The molecule has 2 aromatic carbocycles. The Morgan fingerprint density at radius 2 is 1.63 bits per heavy atom. The molecule has 0 spiro atoms. The molecule has 1 N–H and O–H groups in total. The Labute approximate surface area is 159 Å². The van der Waals surface area contributed by atoms with Gasteiger partial charge in [-0.2, -0.15) is 0 Å². The second kappa shape index (κ2) is 9.03. The summed E-state index contributed by atoms with van der Waals surface area (Å²) in [6.45, 7) is 1.44. The molecule has 1 aliphatic heterocycles. The lowest BCUT2D eigenvalue weighted by Gasteiger charge is -2.27. The number of carbonyl (C=O) groups is 2. The van der Waals surface area contributed by atoms with E-state index in [4.69, 9.17) is 4.74 Å². The van der Waals surface area contributed by atoms with E-state index < -0.39 is 0 Å². The summed E-state index contributed by atoms with van der Waals surface area (Å²) in [5.74, 6) is 0.305. The van der Waals surface area contributed by atoms with Crippen molar-refractivity contribution in [1.82, 2.24) is 10.2 Å². The van der Waals surface area contributed by atoms with Gasteiger partial charge in [-0.05, 0) is 55.2 Å². The molecule has 0 radical (unpaired) electrons. The zero-order valence-electron chi connectivity index (χ0n) is 15.5. The zero-order chi connectivity index (χ0) is 19.1. The summed E-state index contributed by atoms with van der Waals surface area (Å²) >= 11 is 0. The standard InChI is InChI=1S/C22H24N2O3/c1-27-19-12-10-17(11-13-19)16-20(22(26)24-14-6-3-7-15-24)23-21(25)18-8-4-2-5-9-18/h2,4-5,8-13,16H,3,6-7,14-15H2,1H3,(H,23,25)/b20-16+. The van der Waals surface area contributed by atoms with Gasteiger partial charge in [0.15, 0.2) is 0 Å². The summed E-state index contributed by atoms with van der Waals surface area (Å²) in [5, 5.41) is 2.81. The predicted molar refractivity (Wildman–Crippen MR) is 105 cm³/mol. The summed E-state index contributed by atoms with van der Waals surface area (Å²) < 4.78 is 5.17. The Kier molecular flexibility index (Phi) is 6.26. The van der Waals surface area contributed by atoms with Gasteiger partial charge in [0.1, 0.15) is 11.4 Å². The van der Waals surface area contributed by atoms with Gasteiger partial charge >= 0.3 is 0 Å². The van der Waals surface area contributed by atoms with E-state index >= 15 is 0 Å². The fourth-order valence-corrected chi connectivity index (χ4v) is 3.07. The van der Waals surface area contributed by atoms with Gasteiger partial charge in [-0.15, -0.1) is 0 Å². The van der Waals surface area contributed by atoms with E-state index in [1.807, 2.05) is 35.2 Å². The van der Waals surface area contributed by atoms with Crippen LogP contribution in [-0.2, 0) is 4.79 Å². The molecule has 0 saturated carbocycles. The van der Waals surface area contributed by atoms with Gasteiger partial charge in [-0.1, -0.05) is 30.3 Å². The summed E-state index contributed by atoms with van der Waals surface area (Å²) in [4.78, 5) is 27.4. The first-order valence-electron chi connectivity index (χ1n) is 9.19. The summed E-state index contributed by atoms with van der Waals surface area (Å²) in [6.07, 6.45) is 4.84. The second-order valence-electron chi connectivity index (χ2n) is 6.50. The number of carbonyl (C=O) groups excluding carboxylic acids is 2. The first-order chi connectivity index (χ1) is 13.2. The van der Waals surface area contributed by atoms with Crippen molar-refractivity contribution in [2.75, 3.05) is 20.2 Å². The first kappa shape index (κ1) is 18.7. The van der Waals surface area contributed by atoms with Crippen molar-refractivity contribution in [3.8, 4) is 5.75 Å². The average Bonchev–Trinajstić information content (AvgIpc) is 2.74. The Hall–Kier alpha value is -3.08. The molecule has 2 aromatic rings. The van der Waals surface area contributed by atoms with E-state index in [1.54, 1.807) is 37.5 Å². The van der Waals surface area contributed by atoms with Crippen LogP contribution in [-0.4, -0.2) is 36.9 Å². The SMILES string of the molecule is COc1ccc(/C=C(/NC(=O)c2ccccc2)C(=O)N2CCCCC2)cc1. The molecule has 3 rings (SSSR count). The van der Waals surface area contributed by atoms with Crippen LogP contribution in [0.3, 0.4) is 0 Å². The minimum absolute atomic E-state index is 0.144. The smallest absolute Gasteiger partial charge is 0.270 e. The number of ether oxygens (including phenoxy) is 1. The number of benzene rings is 2. The van der Waals surface area contributed by atoms with E-state index in [2.05, 4.69) is 5.32 Å². The topological polar surface area (TPSA) is 58.6 Å². The van der Waals surface area contributed by atoms with E-state index in [-0.39, 0.29) is 17.5 Å². The molecule has 0 aliphatic carbocycles. The van der Waals surface area contributed by atoms with Crippen molar-refractivity contribution in [3.05, 3.63) is 71.4 Å². The number of nitrogens with one attached hydrogen (secondary N) is 1. The molecule has 140 valence electrons. The lowest BCUT2D eigenvalue weighted by atomic mass is 10.1. The molecule has 1 fully saturated rings. The number of likely N-dealkylation sites (tertiary alicyclic amines) is 1. The maximum absolute atomic E-state index is 13.0. The van der Waals surface area contributed by atoms with Gasteiger partial charge < -0.3 is 15.0 Å². The van der Waals surface area contributed by atoms with Crippen LogP contribution < -0.4 is 10.1 Å². The molecule has 0 unspecified atom stereocenters. The average molecular weight is 364 g/mol. The highest BCUT2D eigenvalue weighted by Gasteiger charge is 2.22. The Morgan fingerprint density at radius 1 is 0.963 bits per heavy atom. The first-order valence-corrected chi connectivity index (χ1v) is 9.19. The Morgan fingerprint density at radius 3 is 2.26 bits per heavy atom. The summed E-state index contributed by atoms with van der Waals surface area (Å²) in [5.41, 5.74) is 1.63. The number of hydrogen-bond acceptors (Lipinski definition) is 3. The highest BCUT2D eigenvalue weighted by molar-refractivity contribution is 6.05. The molecular weight excluding hydrogens is 340 g/mol. The van der Waals surface area contributed by atoms with Gasteiger partial charge in [0, 0.05) is 18.7 Å². The molecule has 1 saturated heterocycles. The highest BCUT2D eigenvalue weighted by Crippen LogP contribution is 2.16. The normalized spacial score (nSPS) is 14.6. The lowest BCUT2D eigenvalue weighted by molar-refractivity contribution is -0.128. The molecule has 0 aromatic heterocycles. The van der Waals surface area contributed by atoms with Crippen molar-refractivity contribution in [1.29, 1.82) is 0 Å². The van der Waals surface area contributed by atoms with Crippen LogP contribution in [0.15, 0.2) is 60.3 Å². The van der Waals surface area contributed by atoms with Gasteiger partial charge in [-0.25, -0.2) is 0 Å². The third-order valence-corrected chi connectivity index (χ3v) is 4.58. The fraction of sp³-hybridized carbons (Fsp3) is 0.273.